The second-order valence-corrected chi connectivity index (χ2v) is 8.10. The first-order chi connectivity index (χ1) is 11.2. The van der Waals surface area contributed by atoms with Crippen LogP contribution in [0.5, 0.6) is 0 Å². The molecule has 0 radical (unpaired) electrons. The number of hydrogen-bond donors (Lipinski definition) is 0. The van der Waals surface area contributed by atoms with E-state index in [0.717, 1.165) is 43.6 Å². The molecule has 4 heterocycles. The molecule has 1 unspecified atom stereocenters. The van der Waals surface area contributed by atoms with Crippen LogP contribution in [0.25, 0.3) is 5.65 Å². The monoisotopic (exact) mass is 335 g/mol. The van der Waals surface area contributed by atoms with E-state index in [1.54, 1.807) is 8.61 Å². The van der Waals surface area contributed by atoms with Crippen LogP contribution in [0.2, 0.25) is 0 Å². The summed E-state index contributed by atoms with van der Waals surface area (Å²) in [6, 6.07) is 5.48. The quantitative estimate of drug-likeness (QED) is 0.854. The van der Waals surface area contributed by atoms with Gasteiger partial charge in [0.2, 0.25) is 0 Å². The largest absolute Gasteiger partial charge is 0.285 e. The van der Waals surface area contributed by atoms with Crippen LogP contribution in [0.1, 0.15) is 44.0 Å². The maximum Gasteiger partial charge on any atom is 0.282 e. The normalized spacial score (nSPS) is 24.4. The Morgan fingerprint density at radius 3 is 2.65 bits per heavy atom. The molecular formula is C15H21N5O2S. The smallest absolute Gasteiger partial charge is 0.282 e. The molecule has 0 spiro atoms. The third-order valence-corrected chi connectivity index (χ3v) is 6.83. The van der Waals surface area contributed by atoms with Gasteiger partial charge in [0.1, 0.15) is 0 Å². The van der Waals surface area contributed by atoms with Crippen molar-refractivity contribution in [1.29, 1.82) is 0 Å². The summed E-state index contributed by atoms with van der Waals surface area (Å²) in [6.45, 7) is 1.82. The Hall–Kier alpha value is -1.51. The van der Waals surface area contributed by atoms with E-state index in [2.05, 4.69) is 10.2 Å². The molecule has 2 aromatic rings. The third kappa shape index (κ3) is 2.54. The standard InChI is InChI=1S/C15H21N5O2S/c21-23(22,18-9-3-1-4-10-18)20-12-6-7-13(20)15-17-16-14-8-2-5-11-19(14)15/h2,5,8,11,13H,1,3-4,6-7,9-10,12H2. The molecule has 2 saturated heterocycles. The third-order valence-electron chi connectivity index (χ3n) is 4.78. The molecule has 124 valence electrons. The molecule has 0 aliphatic carbocycles. The maximum atomic E-state index is 13.0. The van der Waals surface area contributed by atoms with Gasteiger partial charge in [-0.3, -0.25) is 4.40 Å². The molecular weight excluding hydrogens is 314 g/mol. The van der Waals surface area contributed by atoms with Gasteiger partial charge in [-0.25, -0.2) is 0 Å². The van der Waals surface area contributed by atoms with Crippen molar-refractivity contribution in [3.05, 3.63) is 30.2 Å². The topological polar surface area (TPSA) is 70.8 Å². The van der Waals surface area contributed by atoms with Gasteiger partial charge < -0.3 is 0 Å². The lowest BCUT2D eigenvalue weighted by molar-refractivity contribution is 0.292. The zero-order chi connectivity index (χ0) is 15.9. The molecule has 7 nitrogen and oxygen atoms in total. The Morgan fingerprint density at radius 2 is 1.83 bits per heavy atom. The first kappa shape index (κ1) is 15.0. The zero-order valence-electron chi connectivity index (χ0n) is 13.0. The van der Waals surface area contributed by atoms with E-state index >= 15 is 0 Å². The van der Waals surface area contributed by atoms with Gasteiger partial charge in [0, 0.05) is 25.8 Å². The Balaban J connectivity index is 1.69. The summed E-state index contributed by atoms with van der Waals surface area (Å²) in [5.74, 6) is 0.721. The molecule has 2 aromatic heterocycles. The van der Waals surface area contributed by atoms with Gasteiger partial charge in [-0.2, -0.15) is 17.0 Å². The highest BCUT2D eigenvalue weighted by molar-refractivity contribution is 7.86. The SMILES string of the molecule is O=S(=O)(N1CCCCC1)N1CCCC1c1nnc2ccccn12. The molecule has 1 atom stereocenters. The van der Waals surface area contributed by atoms with Crippen LogP contribution in [0, 0.1) is 0 Å². The fourth-order valence-corrected chi connectivity index (χ4v) is 5.50. The van der Waals surface area contributed by atoms with Crippen LogP contribution >= 0.6 is 0 Å². The van der Waals surface area contributed by atoms with Gasteiger partial charge in [0.25, 0.3) is 10.2 Å². The Morgan fingerprint density at radius 1 is 1.00 bits per heavy atom. The average Bonchev–Trinajstić information content (AvgIpc) is 3.22. The van der Waals surface area contributed by atoms with Crippen molar-refractivity contribution >= 4 is 15.9 Å². The number of nitrogens with zero attached hydrogens (tertiary/aromatic N) is 5. The zero-order valence-corrected chi connectivity index (χ0v) is 13.8. The maximum absolute atomic E-state index is 13.0. The van der Waals surface area contributed by atoms with Gasteiger partial charge in [-0.1, -0.05) is 12.5 Å². The summed E-state index contributed by atoms with van der Waals surface area (Å²) in [7, 11) is -3.42. The number of fused-ring (bicyclic) bond motifs is 1. The van der Waals surface area contributed by atoms with Gasteiger partial charge in [-0.15, -0.1) is 10.2 Å². The van der Waals surface area contributed by atoms with Crippen molar-refractivity contribution in [2.24, 2.45) is 0 Å². The van der Waals surface area contributed by atoms with Crippen LogP contribution in [0.4, 0.5) is 0 Å². The molecule has 0 aromatic carbocycles. The van der Waals surface area contributed by atoms with Crippen LogP contribution < -0.4 is 0 Å². The van der Waals surface area contributed by atoms with Crippen molar-refractivity contribution in [1.82, 2.24) is 23.2 Å². The molecule has 0 saturated carbocycles. The number of aromatic nitrogens is 3. The van der Waals surface area contributed by atoms with E-state index < -0.39 is 10.2 Å². The molecule has 2 aliphatic rings. The van der Waals surface area contributed by atoms with Crippen LogP contribution in [0.15, 0.2) is 24.4 Å². The highest BCUT2D eigenvalue weighted by atomic mass is 32.2. The van der Waals surface area contributed by atoms with Crippen LogP contribution in [-0.4, -0.2) is 51.3 Å². The Bertz CT molecular complexity index is 797. The molecule has 2 fully saturated rings. The summed E-state index contributed by atoms with van der Waals surface area (Å²) >= 11 is 0. The highest BCUT2D eigenvalue weighted by Gasteiger charge is 2.41. The summed E-state index contributed by atoms with van der Waals surface area (Å²) in [4.78, 5) is 0. The lowest BCUT2D eigenvalue weighted by Gasteiger charge is -2.32. The minimum Gasteiger partial charge on any atom is -0.285 e. The van der Waals surface area contributed by atoms with Crippen molar-refractivity contribution < 1.29 is 8.42 Å². The fraction of sp³-hybridized carbons (Fsp3) is 0.600. The van der Waals surface area contributed by atoms with Crippen molar-refractivity contribution in [2.45, 2.75) is 38.1 Å². The average molecular weight is 335 g/mol. The number of rotatable bonds is 3. The summed E-state index contributed by atoms with van der Waals surface area (Å²) in [6.07, 6.45) is 6.57. The Kier molecular flexibility index (Phi) is 3.82. The summed E-state index contributed by atoms with van der Waals surface area (Å²) in [5.41, 5.74) is 0.754. The van der Waals surface area contributed by atoms with Gasteiger partial charge >= 0.3 is 0 Å². The number of pyridine rings is 1. The first-order valence-corrected chi connectivity index (χ1v) is 9.64. The van der Waals surface area contributed by atoms with E-state index in [0.29, 0.717) is 19.6 Å². The van der Waals surface area contributed by atoms with Gasteiger partial charge in [-0.05, 0) is 37.8 Å². The fourth-order valence-electron chi connectivity index (χ4n) is 3.61. The minimum absolute atomic E-state index is 0.223. The minimum atomic E-state index is -3.42. The highest BCUT2D eigenvalue weighted by Crippen LogP contribution is 2.35. The van der Waals surface area contributed by atoms with Crippen LogP contribution in [-0.2, 0) is 10.2 Å². The predicted octanol–water partition coefficient (Wildman–Crippen LogP) is 1.60. The summed E-state index contributed by atoms with van der Waals surface area (Å²) in [5, 5.41) is 8.44. The predicted molar refractivity (Wildman–Crippen MR) is 86.0 cm³/mol. The van der Waals surface area contributed by atoms with Gasteiger partial charge in [0.05, 0.1) is 6.04 Å². The van der Waals surface area contributed by atoms with E-state index in [9.17, 15) is 8.42 Å². The lowest BCUT2D eigenvalue weighted by Crippen LogP contribution is -2.45. The van der Waals surface area contributed by atoms with Crippen molar-refractivity contribution in [2.75, 3.05) is 19.6 Å². The molecule has 0 bridgehead atoms. The van der Waals surface area contributed by atoms with E-state index in [1.165, 1.54) is 0 Å². The van der Waals surface area contributed by atoms with Gasteiger partial charge in [0.15, 0.2) is 11.5 Å². The molecule has 8 heteroatoms. The Labute approximate surface area is 136 Å². The molecule has 0 N–H and O–H groups in total. The second-order valence-electron chi connectivity index (χ2n) is 6.22. The van der Waals surface area contributed by atoms with Crippen molar-refractivity contribution in [3.63, 3.8) is 0 Å². The first-order valence-electron chi connectivity index (χ1n) is 8.24. The summed E-state index contributed by atoms with van der Waals surface area (Å²) < 4.78 is 31.2. The number of hydrogen-bond acceptors (Lipinski definition) is 4. The van der Waals surface area contributed by atoms with Crippen LogP contribution in [0.3, 0.4) is 0 Å². The van der Waals surface area contributed by atoms with Crippen molar-refractivity contribution in [3.8, 4) is 0 Å². The van der Waals surface area contributed by atoms with E-state index in [-0.39, 0.29) is 6.04 Å². The van der Waals surface area contributed by atoms with E-state index in [1.807, 2.05) is 28.8 Å². The molecule has 2 aliphatic heterocycles. The molecule has 23 heavy (non-hydrogen) atoms. The second kappa shape index (κ2) is 5.85. The lowest BCUT2D eigenvalue weighted by atomic mass is 10.2. The number of piperidine rings is 1. The molecule has 0 amide bonds. The van der Waals surface area contributed by atoms with E-state index in [4.69, 9.17) is 0 Å². The molecule has 4 rings (SSSR count).